The number of hydrogen-bond donors (Lipinski definition) is 1. The minimum atomic E-state index is -0.273. The maximum atomic E-state index is 12.3. The molecule has 0 unspecified atom stereocenters. The lowest BCUT2D eigenvalue weighted by atomic mass is 10.1. The number of nitrogens with zero attached hydrogens (tertiary/aromatic N) is 4. The summed E-state index contributed by atoms with van der Waals surface area (Å²) in [6, 6.07) is 5.63. The molecule has 3 rings (SSSR count). The number of rotatable bonds is 8. The number of nitrogens with one attached hydrogen (secondary N) is 1. The molecule has 0 radical (unpaired) electrons. The predicted octanol–water partition coefficient (Wildman–Crippen LogP) is 1.89. The Bertz CT molecular complexity index is 753. The zero-order valence-corrected chi connectivity index (χ0v) is 16.2. The molecule has 0 bridgehead atoms. The minimum absolute atomic E-state index is 0.0120. The SMILES string of the molecule is Cc1nnc(SCCCNC(=O)[C@@H]2CC(=O)N(Cc3ccccn3)C2)s1. The molecule has 1 aliphatic rings. The number of carbonyl (C=O) groups is 2. The number of thioether (sulfide) groups is 1. The highest BCUT2D eigenvalue weighted by molar-refractivity contribution is 8.01. The van der Waals surface area contributed by atoms with E-state index in [0.717, 1.165) is 27.2 Å². The minimum Gasteiger partial charge on any atom is -0.356 e. The first-order valence-electron chi connectivity index (χ1n) is 8.50. The van der Waals surface area contributed by atoms with Crippen LogP contribution >= 0.6 is 23.1 Å². The van der Waals surface area contributed by atoms with Gasteiger partial charge in [0, 0.05) is 31.5 Å². The fourth-order valence-corrected chi connectivity index (χ4v) is 4.54. The molecule has 138 valence electrons. The molecule has 26 heavy (non-hydrogen) atoms. The number of aromatic nitrogens is 3. The van der Waals surface area contributed by atoms with E-state index in [9.17, 15) is 9.59 Å². The van der Waals surface area contributed by atoms with Crippen LogP contribution < -0.4 is 5.32 Å². The van der Waals surface area contributed by atoms with E-state index >= 15 is 0 Å². The van der Waals surface area contributed by atoms with Gasteiger partial charge in [-0.25, -0.2) is 0 Å². The maximum Gasteiger partial charge on any atom is 0.225 e. The van der Waals surface area contributed by atoms with Crippen molar-refractivity contribution >= 4 is 34.9 Å². The third-order valence-corrected chi connectivity index (χ3v) is 6.08. The van der Waals surface area contributed by atoms with Crippen molar-refractivity contribution in [3.05, 3.63) is 35.1 Å². The van der Waals surface area contributed by atoms with Crippen LogP contribution in [0.15, 0.2) is 28.7 Å². The summed E-state index contributed by atoms with van der Waals surface area (Å²) in [5.41, 5.74) is 0.839. The third kappa shape index (κ3) is 5.25. The van der Waals surface area contributed by atoms with Crippen LogP contribution in [0.4, 0.5) is 0 Å². The Hall–Kier alpha value is -2.00. The maximum absolute atomic E-state index is 12.3. The Kier molecular flexibility index (Phi) is 6.56. The van der Waals surface area contributed by atoms with Crippen molar-refractivity contribution in [1.82, 2.24) is 25.4 Å². The Balaban J connectivity index is 1.36. The highest BCUT2D eigenvalue weighted by Crippen LogP contribution is 2.22. The summed E-state index contributed by atoms with van der Waals surface area (Å²) in [5.74, 6) is 0.575. The van der Waals surface area contributed by atoms with Crippen LogP contribution in [0.5, 0.6) is 0 Å². The van der Waals surface area contributed by atoms with Gasteiger partial charge in [-0.3, -0.25) is 14.6 Å². The first-order chi connectivity index (χ1) is 12.6. The van der Waals surface area contributed by atoms with Crippen LogP contribution in [0.3, 0.4) is 0 Å². The van der Waals surface area contributed by atoms with Crippen LogP contribution in [-0.4, -0.2) is 50.7 Å². The van der Waals surface area contributed by atoms with E-state index in [1.807, 2.05) is 25.1 Å². The first kappa shape index (κ1) is 18.8. The highest BCUT2D eigenvalue weighted by atomic mass is 32.2. The van der Waals surface area contributed by atoms with E-state index < -0.39 is 0 Å². The van der Waals surface area contributed by atoms with Crippen LogP contribution in [0.25, 0.3) is 0 Å². The summed E-state index contributed by atoms with van der Waals surface area (Å²) in [5, 5.41) is 11.9. The standard InChI is InChI=1S/C17H21N5O2S2/c1-12-20-21-17(26-12)25-8-4-7-19-16(24)13-9-15(23)22(10-13)11-14-5-2-3-6-18-14/h2-3,5-6,13H,4,7-11H2,1H3,(H,19,24)/t13-/m1/s1. The fourth-order valence-electron chi connectivity index (χ4n) is 2.71. The molecule has 1 fully saturated rings. The number of carbonyl (C=O) groups excluding carboxylic acids is 2. The smallest absolute Gasteiger partial charge is 0.225 e. The molecule has 1 saturated heterocycles. The molecule has 2 aromatic rings. The quantitative estimate of drug-likeness (QED) is 0.546. The van der Waals surface area contributed by atoms with E-state index in [2.05, 4.69) is 20.5 Å². The second kappa shape index (κ2) is 9.09. The van der Waals surface area contributed by atoms with Crippen molar-refractivity contribution in [2.45, 2.75) is 30.6 Å². The predicted molar refractivity (Wildman–Crippen MR) is 101 cm³/mol. The number of aryl methyl sites for hydroxylation is 1. The zero-order valence-electron chi connectivity index (χ0n) is 14.6. The Labute approximate surface area is 160 Å². The summed E-state index contributed by atoms with van der Waals surface area (Å²) in [4.78, 5) is 30.4. The number of hydrogen-bond acceptors (Lipinski definition) is 7. The molecule has 1 aliphatic heterocycles. The van der Waals surface area contributed by atoms with Crippen molar-refractivity contribution in [3.8, 4) is 0 Å². The van der Waals surface area contributed by atoms with Crippen molar-refractivity contribution in [3.63, 3.8) is 0 Å². The monoisotopic (exact) mass is 391 g/mol. The van der Waals surface area contributed by atoms with Gasteiger partial charge in [-0.1, -0.05) is 29.2 Å². The molecule has 2 amide bonds. The lowest BCUT2D eigenvalue weighted by molar-refractivity contribution is -0.129. The molecule has 0 saturated carbocycles. The molecule has 0 aliphatic carbocycles. The Morgan fingerprint density at radius 3 is 3.04 bits per heavy atom. The van der Waals surface area contributed by atoms with Gasteiger partial charge in [0.2, 0.25) is 11.8 Å². The fraction of sp³-hybridized carbons (Fsp3) is 0.471. The molecule has 9 heteroatoms. The van der Waals surface area contributed by atoms with Gasteiger partial charge in [0.1, 0.15) is 5.01 Å². The molecular formula is C17H21N5O2S2. The van der Waals surface area contributed by atoms with E-state index in [-0.39, 0.29) is 24.2 Å². The van der Waals surface area contributed by atoms with Crippen molar-refractivity contribution in [2.24, 2.45) is 5.92 Å². The lowest BCUT2D eigenvalue weighted by Crippen LogP contribution is -2.33. The van der Waals surface area contributed by atoms with E-state index in [0.29, 0.717) is 19.6 Å². The van der Waals surface area contributed by atoms with E-state index in [1.165, 1.54) is 0 Å². The summed E-state index contributed by atoms with van der Waals surface area (Å²) in [7, 11) is 0. The van der Waals surface area contributed by atoms with Gasteiger partial charge < -0.3 is 10.2 Å². The number of pyridine rings is 1. The molecule has 1 N–H and O–H groups in total. The zero-order chi connectivity index (χ0) is 18.4. The molecule has 1 atom stereocenters. The van der Waals surface area contributed by atoms with Crippen molar-refractivity contribution in [2.75, 3.05) is 18.8 Å². The lowest BCUT2D eigenvalue weighted by Gasteiger charge is -2.16. The van der Waals surface area contributed by atoms with Gasteiger partial charge in [-0.2, -0.15) is 0 Å². The number of amides is 2. The van der Waals surface area contributed by atoms with Gasteiger partial charge in [0.15, 0.2) is 4.34 Å². The molecular weight excluding hydrogens is 370 g/mol. The van der Waals surface area contributed by atoms with E-state index in [4.69, 9.17) is 0 Å². The Morgan fingerprint density at radius 2 is 2.31 bits per heavy atom. The average Bonchev–Trinajstić information content (AvgIpc) is 3.21. The molecule has 0 aromatic carbocycles. The van der Waals surface area contributed by atoms with E-state index in [1.54, 1.807) is 34.2 Å². The normalized spacial score (nSPS) is 16.9. The van der Waals surface area contributed by atoms with Crippen LogP contribution in [-0.2, 0) is 16.1 Å². The van der Waals surface area contributed by atoms with Gasteiger partial charge in [0.05, 0.1) is 18.2 Å². The van der Waals surface area contributed by atoms with Gasteiger partial charge in [0.25, 0.3) is 0 Å². The largest absolute Gasteiger partial charge is 0.356 e. The van der Waals surface area contributed by atoms with Gasteiger partial charge in [-0.05, 0) is 25.5 Å². The molecule has 7 nitrogen and oxygen atoms in total. The Morgan fingerprint density at radius 1 is 1.42 bits per heavy atom. The summed E-state index contributed by atoms with van der Waals surface area (Å²) >= 11 is 3.23. The molecule has 0 spiro atoms. The van der Waals surface area contributed by atoms with Crippen molar-refractivity contribution < 1.29 is 9.59 Å². The first-order valence-corrected chi connectivity index (χ1v) is 10.3. The average molecular weight is 392 g/mol. The molecule has 2 aromatic heterocycles. The summed E-state index contributed by atoms with van der Waals surface area (Å²) < 4.78 is 0.959. The second-order valence-electron chi connectivity index (χ2n) is 6.08. The summed E-state index contributed by atoms with van der Waals surface area (Å²) in [6.45, 7) is 3.46. The van der Waals surface area contributed by atoms with Crippen molar-refractivity contribution in [1.29, 1.82) is 0 Å². The van der Waals surface area contributed by atoms with Gasteiger partial charge in [-0.15, -0.1) is 10.2 Å². The van der Waals surface area contributed by atoms with Gasteiger partial charge >= 0.3 is 0 Å². The topological polar surface area (TPSA) is 88.1 Å². The second-order valence-corrected chi connectivity index (χ2v) is 8.60. The van der Waals surface area contributed by atoms with Crippen LogP contribution in [0, 0.1) is 12.8 Å². The van der Waals surface area contributed by atoms with Crippen LogP contribution in [0.1, 0.15) is 23.5 Å². The summed E-state index contributed by atoms with van der Waals surface area (Å²) in [6.07, 6.45) is 2.84. The van der Waals surface area contributed by atoms with Crippen LogP contribution in [0.2, 0.25) is 0 Å². The molecule has 3 heterocycles. The highest BCUT2D eigenvalue weighted by Gasteiger charge is 2.34. The number of likely N-dealkylation sites (tertiary alicyclic amines) is 1. The third-order valence-electron chi connectivity index (χ3n) is 4.02.